The third kappa shape index (κ3) is 3.00. The number of carbonyl (C=O) groups is 1. The van der Waals surface area contributed by atoms with Gasteiger partial charge >= 0.3 is 5.97 Å². The second-order valence-electron chi connectivity index (χ2n) is 4.75. The summed E-state index contributed by atoms with van der Waals surface area (Å²) >= 11 is 0. The van der Waals surface area contributed by atoms with Crippen molar-refractivity contribution < 1.29 is 14.1 Å². The molecule has 0 N–H and O–H groups in total. The highest BCUT2D eigenvalue weighted by Crippen LogP contribution is 2.18. The van der Waals surface area contributed by atoms with Crippen LogP contribution in [0.3, 0.4) is 0 Å². The summed E-state index contributed by atoms with van der Waals surface area (Å²) in [5.74, 6) is 0.746. The molecule has 1 aromatic heterocycles. The number of hydrogen-bond donors (Lipinski definition) is 0. The van der Waals surface area contributed by atoms with Gasteiger partial charge in [0, 0.05) is 18.7 Å². The van der Waals surface area contributed by atoms with Crippen LogP contribution in [0.4, 0.5) is 0 Å². The fourth-order valence-electron chi connectivity index (χ4n) is 2.15. The normalized spacial score (nSPS) is 14.5. The Kier molecular flexibility index (Phi) is 3.79. The molecule has 2 aromatic rings. The van der Waals surface area contributed by atoms with Gasteiger partial charge in [-0.3, -0.25) is 4.90 Å². The number of carbonyl (C=O) groups excluding carboxylic acids is 1. The van der Waals surface area contributed by atoms with Crippen molar-refractivity contribution in [2.75, 3.05) is 20.2 Å². The lowest BCUT2D eigenvalue weighted by Gasteiger charge is -2.10. The predicted octanol–water partition coefficient (Wildman–Crippen LogP) is 1.90. The van der Waals surface area contributed by atoms with Gasteiger partial charge in [0.05, 0.1) is 19.2 Å². The Balaban J connectivity index is 1.71. The van der Waals surface area contributed by atoms with Crippen molar-refractivity contribution >= 4 is 5.97 Å². The van der Waals surface area contributed by atoms with E-state index in [4.69, 9.17) is 4.52 Å². The molecule has 21 heavy (non-hydrogen) atoms. The zero-order valence-electron chi connectivity index (χ0n) is 11.7. The van der Waals surface area contributed by atoms with Gasteiger partial charge in [0.15, 0.2) is 0 Å². The second-order valence-corrected chi connectivity index (χ2v) is 4.75. The van der Waals surface area contributed by atoms with Crippen LogP contribution in [0.2, 0.25) is 0 Å². The summed E-state index contributed by atoms with van der Waals surface area (Å²) in [6.07, 6.45) is 4.23. The van der Waals surface area contributed by atoms with E-state index >= 15 is 0 Å². The van der Waals surface area contributed by atoms with Gasteiger partial charge in [0.1, 0.15) is 0 Å². The number of esters is 1. The van der Waals surface area contributed by atoms with Crippen LogP contribution in [0.15, 0.2) is 40.9 Å². The maximum absolute atomic E-state index is 11.4. The first-order valence-electron chi connectivity index (χ1n) is 6.65. The molecule has 0 saturated heterocycles. The van der Waals surface area contributed by atoms with E-state index in [1.807, 2.05) is 0 Å². The van der Waals surface area contributed by atoms with Gasteiger partial charge in [-0.15, -0.1) is 0 Å². The fraction of sp³-hybridized carbons (Fsp3) is 0.267. The maximum atomic E-state index is 11.4. The first kappa shape index (κ1) is 13.5. The van der Waals surface area contributed by atoms with E-state index in [0.29, 0.717) is 23.8 Å². The Bertz CT molecular complexity index is 653. The minimum Gasteiger partial charge on any atom is -0.465 e. The average Bonchev–Trinajstić information content (AvgIpc) is 3.19. The molecular weight excluding hydrogens is 270 g/mol. The van der Waals surface area contributed by atoms with Crippen LogP contribution in [-0.4, -0.2) is 41.2 Å². The highest BCUT2D eigenvalue weighted by atomic mass is 16.5. The maximum Gasteiger partial charge on any atom is 0.337 e. The Labute approximate surface area is 122 Å². The van der Waals surface area contributed by atoms with Crippen molar-refractivity contribution in [1.29, 1.82) is 0 Å². The molecule has 6 heteroatoms. The van der Waals surface area contributed by atoms with Crippen LogP contribution >= 0.6 is 0 Å². The number of rotatable bonds is 4. The third-order valence-electron chi connectivity index (χ3n) is 3.29. The largest absolute Gasteiger partial charge is 0.465 e. The van der Waals surface area contributed by atoms with Gasteiger partial charge in [-0.05, 0) is 12.1 Å². The summed E-state index contributed by atoms with van der Waals surface area (Å²) in [5.41, 5.74) is 1.30. The van der Waals surface area contributed by atoms with Crippen molar-refractivity contribution in [2.45, 2.75) is 6.54 Å². The average molecular weight is 285 g/mol. The van der Waals surface area contributed by atoms with E-state index < -0.39 is 0 Å². The molecule has 0 atom stereocenters. The summed E-state index contributed by atoms with van der Waals surface area (Å²) in [5, 5.41) is 3.97. The Hall–Kier alpha value is -2.47. The summed E-state index contributed by atoms with van der Waals surface area (Å²) in [6, 6.07) is 6.92. The number of ether oxygens (including phenoxy) is 1. The zero-order chi connectivity index (χ0) is 14.7. The van der Waals surface area contributed by atoms with Crippen molar-refractivity contribution in [3.63, 3.8) is 0 Å². The number of aromatic nitrogens is 2. The standard InChI is InChI=1S/C15H15N3O3/c1-20-15(19)12-6-4-11(5-7-12)14-16-13(21-17-14)10-18-8-2-3-9-18/h2-7H,8-10H2,1H3. The molecule has 0 radical (unpaired) electrons. The minimum atomic E-state index is -0.364. The molecule has 1 aromatic carbocycles. The van der Waals surface area contributed by atoms with Gasteiger partial charge in [0.2, 0.25) is 11.7 Å². The highest BCUT2D eigenvalue weighted by Gasteiger charge is 2.14. The second kappa shape index (κ2) is 5.88. The quantitative estimate of drug-likeness (QED) is 0.631. The van der Waals surface area contributed by atoms with Crippen molar-refractivity contribution in [3.8, 4) is 11.4 Å². The van der Waals surface area contributed by atoms with Crippen LogP contribution in [0.25, 0.3) is 11.4 Å². The molecule has 3 rings (SSSR count). The molecule has 1 aliphatic rings. The minimum absolute atomic E-state index is 0.364. The molecule has 6 nitrogen and oxygen atoms in total. The van der Waals surface area contributed by atoms with Gasteiger partial charge in [-0.1, -0.05) is 29.4 Å². The van der Waals surface area contributed by atoms with Gasteiger partial charge in [0.25, 0.3) is 0 Å². The lowest BCUT2D eigenvalue weighted by Crippen LogP contribution is -2.19. The van der Waals surface area contributed by atoms with E-state index in [2.05, 4.69) is 31.9 Å². The Morgan fingerprint density at radius 3 is 2.67 bits per heavy atom. The first-order chi connectivity index (χ1) is 10.3. The zero-order valence-corrected chi connectivity index (χ0v) is 11.7. The number of hydrogen-bond acceptors (Lipinski definition) is 6. The predicted molar refractivity (Wildman–Crippen MR) is 75.5 cm³/mol. The highest BCUT2D eigenvalue weighted by molar-refractivity contribution is 5.89. The Morgan fingerprint density at radius 2 is 2.00 bits per heavy atom. The van der Waals surface area contributed by atoms with Crippen LogP contribution < -0.4 is 0 Å². The molecule has 0 fully saturated rings. The molecule has 0 aliphatic carbocycles. The number of benzene rings is 1. The molecule has 0 saturated carbocycles. The van der Waals surface area contributed by atoms with Crippen molar-refractivity contribution in [3.05, 3.63) is 47.9 Å². The SMILES string of the molecule is COC(=O)c1ccc(-c2noc(CN3CC=CC3)n2)cc1. The molecule has 108 valence electrons. The molecule has 1 aliphatic heterocycles. The smallest absolute Gasteiger partial charge is 0.337 e. The van der Waals surface area contributed by atoms with E-state index in [0.717, 1.165) is 18.7 Å². The summed E-state index contributed by atoms with van der Waals surface area (Å²) < 4.78 is 9.92. The number of methoxy groups -OCH3 is 1. The van der Waals surface area contributed by atoms with Crippen molar-refractivity contribution in [1.82, 2.24) is 15.0 Å². The molecule has 0 amide bonds. The summed E-state index contributed by atoms with van der Waals surface area (Å²) in [4.78, 5) is 17.9. The summed E-state index contributed by atoms with van der Waals surface area (Å²) in [6.45, 7) is 2.46. The van der Waals surface area contributed by atoms with E-state index in [9.17, 15) is 4.79 Å². The topological polar surface area (TPSA) is 68.5 Å². The third-order valence-corrected chi connectivity index (χ3v) is 3.29. The molecule has 0 bridgehead atoms. The lowest BCUT2D eigenvalue weighted by atomic mass is 10.1. The van der Waals surface area contributed by atoms with Gasteiger partial charge in [-0.25, -0.2) is 4.79 Å². The van der Waals surface area contributed by atoms with E-state index in [-0.39, 0.29) is 5.97 Å². The fourth-order valence-corrected chi connectivity index (χ4v) is 2.15. The molecule has 2 heterocycles. The van der Waals surface area contributed by atoms with Crippen LogP contribution in [0.1, 0.15) is 16.2 Å². The van der Waals surface area contributed by atoms with Gasteiger partial charge in [-0.2, -0.15) is 4.98 Å². The molecule has 0 unspecified atom stereocenters. The lowest BCUT2D eigenvalue weighted by molar-refractivity contribution is 0.0601. The molecule has 0 spiro atoms. The van der Waals surface area contributed by atoms with Crippen LogP contribution in [-0.2, 0) is 11.3 Å². The Morgan fingerprint density at radius 1 is 1.29 bits per heavy atom. The number of nitrogens with zero attached hydrogens (tertiary/aromatic N) is 3. The van der Waals surface area contributed by atoms with Crippen LogP contribution in [0.5, 0.6) is 0 Å². The van der Waals surface area contributed by atoms with E-state index in [1.54, 1.807) is 24.3 Å². The van der Waals surface area contributed by atoms with Crippen LogP contribution in [0, 0.1) is 0 Å². The monoisotopic (exact) mass is 285 g/mol. The summed E-state index contributed by atoms with van der Waals surface area (Å²) in [7, 11) is 1.36. The first-order valence-corrected chi connectivity index (χ1v) is 6.65. The van der Waals surface area contributed by atoms with Gasteiger partial charge < -0.3 is 9.26 Å². The molecular formula is C15H15N3O3. The van der Waals surface area contributed by atoms with E-state index in [1.165, 1.54) is 7.11 Å². The van der Waals surface area contributed by atoms with Crippen molar-refractivity contribution in [2.24, 2.45) is 0 Å².